The summed E-state index contributed by atoms with van der Waals surface area (Å²) in [4.78, 5) is 10.7. The van der Waals surface area contributed by atoms with Crippen LogP contribution in [0.5, 0.6) is 11.5 Å². The van der Waals surface area contributed by atoms with Crippen molar-refractivity contribution in [3.8, 4) is 11.5 Å². The SMILES string of the molecule is COc1ccccc1C(O[C]=O)c1ccccc1OC. The van der Waals surface area contributed by atoms with E-state index in [1.807, 2.05) is 48.5 Å². The van der Waals surface area contributed by atoms with Gasteiger partial charge < -0.3 is 14.2 Å². The van der Waals surface area contributed by atoms with Gasteiger partial charge in [-0.3, -0.25) is 0 Å². The molecule has 0 aliphatic rings. The normalized spacial score (nSPS) is 10.2. The summed E-state index contributed by atoms with van der Waals surface area (Å²) in [6.45, 7) is 1.51. The minimum atomic E-state index is -0.625. The molecule has 2 aromatic rings. The summed E-state index contributed by atoms with van der Waals surface area (Å²) in [7, 11) is 3.14. The highest BCUT2D eigenvalue weighted by Crippen LogP contribution is 2.36. The van der Waals surface area contributed by atoms with E-state index in [-0.39, 0.29) is 0 Å². The molecule has 2 rings (SSSR count). The number of carbonyl (C=O) groups excluding carboxylic acids is 1. The maximum Gasteiger partial charge on any atom is 0.418 e. The largest absolute Gasteiger partial charge is 0.496 e. The molecule has 0 atom stereocenters. The summed E-state index contributed by atoms with van der Waals surface area (Å²) in [6.07, 6.45) is -0.625. The van der Waals surface area contributed by atoms with Crippen LogP contribution in [0.2, 0.25) is 0 Å². The van der Waals surface area contributed by atoms with Crippen molar-refractivity contribution in [2.75, 3.05) is 14.2 Å². The van der Waals surface area contributed by atoms with Crippen molar-refractivity contribution in [2.45, 2.75) is 6.10 Å². The molecule has 0 aliphatic carbocycles. The van der Waals surface area contributed by atoms with Crippen LogP contribution in [0.4, 0.5) is 0 Å². The van der Waals surface area contributed by atoms with Gasteiger partial charge in [0.2, 0.25) is 0 Å². The lowest BCUT2D eigenvalue weighted by molar-refractivity contribution is 0.207. The predicted octanol–water partition coefficient (Wildman–Crippen LogP) is 2.88. The monoisotopic (exact) mass is 271 g/mol. The lowest BCUT2D eigenvalue weighted by atomic mass is 9.99. The first-order valence-electron chi connectivity index (χ1n) is 6.10. The molecule has 4 heteroatoms. The van der Waals surface area contributed by atoms with Gasteiger partial charge in [-0.2, -0.15) is 0 Å². The Morgan fingerprint density at radius 3 is 1.70 bits per heavy atom. The van der Waals surface area contributed by atoms with E-state index in [9.17, 15) is 4.79 Å². The number of methoxy groups -OCH3 is 2. The Hall–Kier alpha value is -2.49. The third-order valence-electron chi connectivity index (χ3n) is 3.01. The fourth-order valence-electron chi connectivity index (χ4n) is 2.11. The molecular formula is C16H15O4. The highest BCUT2D eigenvalue weighted by Gasteiger charge is 2.22. The third kappa shape index (κ3) is 2.74. The van der Waals surface area contributed by atoms with E-state index in [0.29, 0.717) is 11.5 Å². The molecule has 1 radical (unpaired) electrons. The van der Waals surface area contributed by atoms with Crippen molar-refractivity contribution in [3.63, 3.8) is 0 Å². The molecule has 0 amide bonds. The smallest absolute Gasteiger partial charge is 0.418 e. The number of ether oxygens (including phenoxy) is 3. The van der Waals surface area contributed by atoms with Crippen LogP contribution in [0, 0.1) is 0 Å². The van der Waals surface area contributed by atoms with E-state index >= 15 is 0 Å². The fourth-order valence-corrected chi connectivity index (χ4v) is 2.11. The standard InChI is InChI=1S/C16H15O4/c1-18-14-9-5-3-7-12(14)16(20-11-17)13-8-4-6-10-15(13)19-2/h3-10,16H,1-2H3. The molecule has 0 unspecified atom stereocenters. The second-order valence-corrected chi connectivity index (χ2v) is 4.07. The molecule has 0 saturated heterocycles. The quantitative estimate of drug-likeness (QED) is 0.810. The zero-order valence-electron chi connectivity index (χ0n) is 11.3. The Morgan fingerprint density at radius 1 is 0.850 bits per heavy atom. The summed E-state index contributed by atoms with van der Waals surface area (Å²) in [5.74, 6) is 1.28. The Balaban J connectivity index is 2.53. The minimum absolute atomic E-state index is 0.625. The molecule has 4 nitrogen and oxygen atoms in total. The first kappa shape index (κ1) is 13.9. The second-order valence-electron chi connectivity index (χ2n) is 4.07. The van der Waals surface area contributed by atoms with Crippen LogP contribution in [0.3, 0.4) is 0 Å². The molecule has 0 aromatic heterocycles. The molecule has 0 fully saturated rings. The number of benzene rings is 2. The minimum Gasteiger partial charge on any atom is -0.496 e. The van der Waals surface area contributed by atoms with E-state index in [1.54, 1.807) is 14.2 Å². The Morgan fingerprint density at radius 2 is 1.30 bits per heavy atom. The van der Waals surface area contributed by atoms with E-state index in [4.69, 9.17) is 14.2 Å². The first-order valence-corrected chi connectivity index (χ1v) is 6.10. The van der Waals surface area contributed by atoms with Gasteiger partial charge in [-0.25, -0.2) is 4.79 Å². The molecule has 2 aromatic carbocycles. The fraction of sp³-hybridized carbons (Fsp3) is 0.188. The van der Waals surface area contributed by atoms with E-state index in [1.165, 1.54) is 6.47 Å². The molecule has 0 saturated carbocycles. The van der Waals surface area contributed by atoms with Gasteiger partial charge in [0, 0.05) is 11.1 Å². The molecule has 0 bridgehead atoms. The van der Waals surface area contributed by atoms with Crippen molar-refractivity contribution in [2.24, 2.45) is 0 Å². The maximum atomic E-state index is 10.7. The Labute approximate surface area is 117 Å². The van der Waals surface area contributed by atoms with Crippen molar-refractivity contribution >= 4 is 6.47 Å². The van der Waals surface area contributed by atoms with Gasteiger partial charge in [0.15, 0.2) is 6.10 Å². The average molecular weight is 271 g/mol. The average Bonchev–Trinajstić information content (AvgIpc) is 2.52. The summed E-state index contributed by atoms with van der Waals surface area (Å²) in [6, 6.07) is 14.7. The van der Waals surface area contributed by atoms with Gasteiger partial charge in [-0.15, -0.1) is 0 Å². The molecule has 0 N–H and O–H groups in total. The van der Waals surface area contributed by atoms with Gasteiger partial charge in [0.05, 0.1) is 14.2 Å². The van der Waals surface area contributed by atoms with E-state index < -0.39 is 6.10 Å². The summed E-state index contributed by atoms with van der Waals surface area (Å²) >= 11 is 0. The lowest BCUT2D eigenvalue weighted by Gasteiger charge is -2.20. The summed E-state index contributed by atoms with van der Waals surface area (Å²) < 4.78 is 15.8. The second kappa shape index (κ2) is 6.61. The molecule has 103 valence electrons. The zero-order valence-corrected chi connectivity index (χ0v) is 11.3. The van der Waals surface area contributed by atoms with E-state index in [0.717, 1.165) is 11.1 Å². The van der Waals surface area contributed by atoms with Crippen LogP contribution in [0.15, 0.2) is 48.5 Å². The Bertz CT molecular complexity index is 533. The van der Waals surface area contributed by atoms with Gasteiger partial charge in [-0.1, -0.05) is 36.4 Å². The molecular weight excluding hydrogens is 256 g/mol. The van der Waals surface area contributed by atoms with Gasteiger partial charge in [0.1, 0.15) is 11.5 Å². The topological polar surface area (TPSA) is 44.8 Å². The summed E-state index contributed by atoms with van der Waals surface area (Å²) in [5, 5.41) is 0. The van der Waals surface area contributed by atoms with Crippen LogP contribution in [0.25, 0.3) is 0 Å². The Kier molecular flexibility index (Phi) is 4.60. The van der Waals surface area contributed by atoms with Crippen LogP contribution in [0.1, 0.15) is 17.2 Å². The van der Waals surface area contributed by atoms with Crippen molar-refractivity contribution in [1.82, 2.24) is 0 Å². The van der Waals surface area contributed by atoms with Gasteiger partial charge in [0.25, 0.3) is 0 Å². The molecule has 20 heavy (non-hydrogen) atoms. The highest BCUT2D eigenvalue weighted by molar-refractivity contribution is 5.49. The molecule has 0 aliphatic heterocycles. The molecule has 0 spiro atoms. The lowest BCUT2D eigenvalue weighted by Crippen LogP contribution is -2.08. The third-order valence-corrected chi connectivity index (χ3v) is 3.01. The maximum absolute atomic E-state index is 10.7. The summed E-state index contributed by atoms with van der Waals surface area (Å²) in [5.41, 5.74) is 1.48. The van der Waals surface area contributed by atoms with Crippen LogP contribution in [-0.2, 0) is 9.53 Å². The number of hydrogen-bond donors (Lipinski definition) is 0. The van der Waals surface area contributed by atoms with Crippen molar-refractivity contribution < 1.29 is 19.0 Å². The van der Waals surface area contributed by atoms with Crippen LogP contribution >= 0.6 is 0 Å². The first-order chi connectivity index (χ1) is 9.81. The van der Waals surface area contributed by atoms with E-state index in [2.05, 4.69) is 0 Å². The number of rotatable bonds is 6. The van der Waals surface area contributed by atoms with Crippen LogP contribution in [-0.4, -0.2) is 20.7 Å². The van der Waals surface area contributed by atoms with Crippen molar-refractivity contribution in [3.05, 3.63) is 59.7 Å². The van der Waals surface area contributed by atoms with Gasteiger partial charge in [-0.05, 0) is 12.1 Å². The highest BCUT2D eigenvalue weighted by atomic mass is 16.5. The zero-order chi connectivity index (χ0) is 14.4. The van der Waals surface area contributed by atoms with Gasteiger partial charge >= 0.3 is 6.47 Å². The molecule has 0 heterocycles. The predicted molar refractivity (Wildman–Crippen MR) is 74.6 cm³/mol. The van der Waals surface area contributed by atoms with Crippen LogP contribution < -0.4 is 9.47 Å². The van der Waals surface area contributed by atoms with Crippen molar-refractivity contribution in [1.29, 1.82) is 0 Å². The number of hydrogen-bond acceptors (Lipinski definition) is 4. The number of para-hydroxylation sites is 2.